The van der Waals surface area contributed by atoms with Crippen LogP contribution < -0.4 is 4.72 Å². The van der Waals surface area contributed by atoms with Crippen molar-refractivity contribution >= 4 is 15.7 Å². The van der Waals surface area contributed by atoms with Crippen molar-refractivity contribution in [2.75, 3.05) is 17.1 Å². The van der Waals surface area contributed by atoms with Gasteiger partial charge in [0.1, 0.15) is 5.82 Å². The smallest absolute Gasteiger partial charge is 0.232 e. The second-order valence-electron chi connectivity index (χ2n) is 3.24. The minimum Gasteiger partial charge on any atom is -0.396 e. The zero-order valence-electron chi connectivity index (χ0n) is 8.58. The Balaban J connectivity index is 2.92. The molecule has 0 aliphatic heterocycles. The van der Waals surface area contributed by atoms with Gasteiger partial charge < -0.3 is 5.11 Å². The average molecular weight is 269 g/mol. The number of halogens is 3. The van der Waals surface area contributed by atoms with E-state index in [-0.39, 0.29) is 19.1 Å². The van der Waals surface area contributed by atoms with Crippen molar-refractivity contribution in [2.45, 2.75) is 6.42 Å². The molecule has 17 heavy (non-hydrogen) atoms. The molecule has 0 unspecified atom stereocenters. The Kier molecular flexibility index (Phi) is 4.35. The molecule has 0 saturated carbocycles. The molecule has 0 spiro atoms. The largest absolute Gasteiger partial charge is 0.396 e. The third-order valence-corrected chi connectivity index (χ3v) is 3.20. The molecule has 8 heteroatoms. The van der Waals surface area contributed by atoms with Gasteiger partial charge in [-0.05, 0) is 6.42 Å². The summed E-state index contributed by atoms with van der Waals surface area (Å²) in [5, 5.41) is 8.45. The first-order valence-electron chi connectivity index (χ1n) is 4.61. The Hall–Kier alpha value is -1.28. The maximum atomic E-state index is 13.1. The van der Waals surface area contributed by atoms with Crippen LogP contribution in [0.2, 0.25) is 0 Å². The normalized spacial score (nSPS) is 11.5. The van der Waals surface area contributed by atoms with Crippen LogP contribution in [-0.2, 0) is 10.0 Å². The molecule has 0 fully saturated rings. The zero-order valence-corrected chi connectivity index (χ0v) is 9.40. The van der Waals surface area contributed by atoms with E-state index < -0.39 is 38.9 Å². The van der Waals surface area contributed by atoms with Gasteiger partial charge in [0, 0.05) is 18.7 Å². The number of benzene rings is 1. The highest BCUT2D eigenvalue weighted by molar-refractivity contribution is 7.92. The molecular formula is C9H10F3NO3S. The number of hydrogen-bond acceptors (Lipinski definition) is 3. The van der Waals surface area contributed by atoms with Crippen LogP contribution in [0.5, 0.6) is 0 Å². The molecule has 1 rings (SSSR count). The summed E-state index contributed by atoms with van der Waals surface area (Å²) < 4.78 is 62.8. The van der Waals surface area contributed by atoms with Gasteiger partial charge >= 0.3 is 0 Å². The van der Waals surface area contributed by atoms with Gasteiger partial charge in [0.15, 0.2) is 11.6 Å². The summed E-state index contributed by atoms with van der Waals surface area (Å²) in [6.07, 6.45) is -0.0410. The lowest BCUT2D eigenvalue weighted by Gasteiger charge is -2.08. The summed E-state index contributed by atoms with van der Waals surface area (Å²) in [7, 11) is -3.89. The van der Waals surface area contributed by atoms with E-state index in [0.29, 0.717) is 6.07 Å². The minimum absolute atomic E-state index is 0.0410. The van der Waals surface area contributed by atoms with Crippen molar-refractivity contribution in [3.8, 4) is 0 Å². The second kappa shape index (κ2) is 5.37. The SMILES string of the molecule is O=S(=O)(CCCO)Nc1cc(F)c(F)cc1F. The van der Waals surface area contributed by atoms with Gasteiger partial charge in [-0.25, -0.2) is 21.6 Å². The second-order valence-corrected chi connectivity index (χ2v) is 5.09. The summed E-state index contributed by atoms with van der Waals surface area (Å²) in [5.41, 5.74) is -0.665. The molecule has 0 atom stereocenters. The maximum Gasteiger partial charge on any atom is 0.232 e. The topological polar surface area (TPSA) is 66.4 Å². The number of hydrogen-bond donors (Lipinski definition) is 2. The Morgan fingerprint density at radius 2 is 1.71 bits per heavy atom. The molecule has 1 aromatic rings. The Morgan fingerprint density at radius 1 is 1.12 bits per heavy atom. The number of anilines is 1. The third-order valence-electron chi connectivity index (χ3n) is 1.85. The number of sulfonamides is 1. The number of aliphatic hydroxyl groups excluding tert-OH is 1. The van der Waals surface area contributed by atoms with E-state index in [1.807, 2.05) is 0 Å². The van der Waals surface area contributed by atoms with Crippen LogP contribution >= 0.6 is 0 Å². The van der Waals surface area contributed by atoms with E-state index in [0.717, 1.165) is 0 Å². The molecule has 96 valence electrons. The summed E-state index contributed by atoms with van der Waals surface area (Å²) in [6, 6.07) is 0.667. The summed E-state index contributed by atoms with van der Waals surface area (Å²) in [5.74, 6) is -4.41. The van der Waals surface area contributed by atoms with Gasteiger partial charge in [-0.1, -0.05) is 0 Å². The van der Waals surface area contributed by atoms with Gasteiger partial charge in [0.2, 0.25) is 10.0 Å². The van der Waals surface area contributed by atoms with Gasteiger partial charge in [-0.2, -0.15) is 0 Å². The summed E-state index contributed by atoms with van der Waals surface area (Å²) >= 11 is 0. The molecule has 0 heterocycles. The monoisotopic (exact) mass is 269 g/mol. The van der Waals surface area contributed by atoms with Crippen LogP contribution in [-0.4, -0.2) is 25.9 Å². The third kappa shape index (κ3) is 3.90. The number of rotatable bonds is 5. The molecule has 0 aliphatic rings. The van der Waals surface area contributed by atoms with E-state index in [2.05, 4.69) is 0 Å². The minimum atomic E-state index is -3.89. The highest BCUT2D eigenvalue weighted by Crippen LogP contribution is 2.19. The standard InChI is InChI=1S/C9H10F3NO3S/c10-6-4-8(12)9(5-7(6)11)13-17(15,16)3-1-2-14/h4-5,13-14H,1-3H2. The van der Waals surface area contributed by atoms with Crippen molar-refractivity contribution in [3.63, 3.8) is 0 Å². The van der Waals surface area contributed by atoms with Crippen molar-refractivity contribution < 1.29 is 26.7 Å². The molecule has 1 aromatic carbocycles. The van der Waals surface area contributed by atoms with Gasteiger partial charge in [0.25, 0.3) is 0 Å². The van der Waals surface area contributed by atoms with Gasteiger partial charge in [0.05, 0.1) is 11.4 Å². The number of aliphatic hydroxyl groups is 1. The quantitative estimate of drug-likeness (QED) is 0.790. The van der Waals surface area contributed by atoms with E-state index in [4.69, 9.17) is 5.11 Å². The van der Waals surface area contributed by atoms with E-state index in [1.54, 1.807) is 4.72 Å². The molecule has 0 bridgehead atoms. The molecule has 0 saturated heterocycles. The highest BCUT2D eigenvalue weighted by atomic mass is 32.2. The number of nitrogens with one attached hydrogen (secondary N) is 1. The molecule has 0 radical (unpaired) electrons. The molecule has 0 aromatic heterocycles. The van der Waals surface area contributed by atoms with Crippen molar-refractivity contribution in [1.29, 1.82) is 0 Å². The highest BCUT2D eigenvalue weighted by Gasteiger charge is 2.15. The fourth-order valence-electron chi connectivity index (χ4n) is 1.07. The van der Waals surface area contributed by atoms with E-state index >= 15 is 0 Å². The first kappa shape index (κ1) is 13.8. The van der Waals surface area contributed by atoms with E-state index in [9.17, 15) is 21.6 Å². The van der Waals surface area contributed by atoms with Crippen LogP contribution in [0.1, 0.15) is 6.42 Å². The molecular weight excluding hydrogens is 259 g/mol. The summed E-state index contributed by atoms with van der Waals surface area (Å²) in [4.78, 5) is 0. The van der Waals surface area contributed by atoms with Crippen LogP contribution in [0.15, 0.2) is 12.1 Å². The van der Waals surface area contributed by atoms with Crippen molar-refractivity contribution in [3.05, 3.63) is 29.6 Å². The van der Waals surface area contributed by atoms with Crippen LogP contribution in [0.4, 0.5) is 18.9 Å². The Morgan fingerprint density at radius 3 is 2.29 bits per heavy atom. The zero-order chi connectivity index (χ0) is 13.1. The van der Waals surface area contributed by atoms with Gasteiger partial charge in [-0.15, -0.1) is 0 Å². The first-order chi connectivity index (χ1) is 7.85. The summed E-state index contributed by atoms with van der Waals surface area (Å²) in [6.45, 7) is -0.346. The lowest BCUT2D eigenvalue weighted by molar-refractivity contribution is 0.295. The molecule has 0 aliphatic carbocycles. The van der Waals surface area contributed by atoms with Crippen molar-refractivity contribution in [1.82, 2.24) is 0 Å². The van der Waals surface area contributed by atoms with Crippen LogP contribution in [0.3, 0.4) is 0 Å². The lowest BCUT2D eigenvalue weighted by Crippen LogP contribution is -2.18. The molecule has 0 amide bonds. The maximum absolute atomic E-state index is 13.1. The van der Waals surface area contributed by atoms with E-state index in [1.165, 1.54) is 0 Å². The Bertz CT molecular complexity index is 504. The van der Waals surface area contributed by atoms with Crippen LogP contribution in [0.25, 0.3) is 0 Å². The van der Waals surface area contributed by atoms with Crippen molar-refractivity contribution in [2.24, 2.45) is 0 Å². The average Bonchev–Trinajstić information content (AvgIpc) is 2.23. The van der Waals surface area contributed by atoms with Gasteiger partial charge in [-0.3, -0.25) is 4.72 Å². The fourth-order valence-corrected chi connectivity index (χ4v) is 2.18. The predicted molar refractivity (Wildman–Crippen MR) is 55.4 cm³/mol. The first-order valence-corrected chi connectivity index (χ1v) is 6.27. The predicted octanol–water partition coefficient (Wildman–Crippen LogP) is 1.23. The van der Waals surface area contributed by atoms with Crippen LogP contribution in [0, 0.1) is 17.5 Å². The lowest BCUT2D eigenvalue weighted by atomic mass is 10.3. The molecule has 4 nitrogen and oxygen atoms in total. The fraction of sp³-hybridized carbons (Fsp3) is 0.333. The molecule has 2 N–H and O–H groups in total. The Labute approximate surface area is 96.1 Å².